The lowest BCUT2D eigenvalue weighted by atomic mass is 9.94. The Labute approximate surface area is 185 Å². The largest absolute Gasteiger partial charge is 0.416 e. The van der Waals surface area contributed by atoms with Crippen molar-refractivity contribution in [3.8, 4) is 0 Å². The molecule has 0 bridgehead atoms. The van der Waals surface area contributed by atoms with Gasteiger partial charge >= 0.3 is 6.18 Å². The van der Waals surface area contributed by atoms with Crippen molar-refractivity contribution in [2.75, 3.05) is 39.4 Å². The quantitative estimate of drug-likeness (QED) is 0.634. The number of nitrogens with zero attached hydrogens (tertiary/aromatic N) is 1. The summed E-state index contributed by atoms with van der Waals surface area (Å²) in [6.07, 6.45) is -4.38. The van der Waals surface area contributed by atoms with E-state index in [1.165, 1.54) is 12.1 Å². The molecule has 2 saturated heterocycles. The van der Waals surface area contributed by atoms with Crippen LogP contribution in [0.25, 0.3) is 0 Å². The molecule has 1 amide bonds. The van der Waals surface area contributed by atoms with Gasteiger partial charge in [0.1, 0.15) is 0 Å². The van der Waals surface area contributed by atoms with E-state index >= 15 is 0 Å². The van der Waals surface area contributed by atoms with Crippen LogP contribution in [0, 0.1) is 5.92 Å². The normalized spacial score (nSPS) is 23.1. The summed E-state index contributed by atoms with van der Waals surface area (Å²) >= 11 is 0. The van der Waals surface area contributed by atoms with Crippen molar-refractivity contribution >= 4 is 5.91 Å². The predicted octanol–water partition coefficient (Wildman–Crippen LogP) is 2.66. The van der Waals surface area contributed by atoms with Gasteiger partial charge in [0.25, 0.3) is 0 Å². The number of alkyl halides is 3. The van der Waals surface area contributed by atoms with Gasteiger partial charge in [0.15, 0.2) is 0 Å². The lowest BCUT2D eigenvalue weighted by Crippen LogP contribution is -2.45. The SMILES string of the molecule is O=C(NCC(c1ccc(C(F)(F)F)cc1)N1CCOCC1)C1CNNC1c1ccccc1. The van der Waals surface area contributed by atoms with Crippen LogP contribution in [0.3, 0.4) is 0 Å². The van der Waals surface area contributed by atoms with Crippen LogP contribution < -0.4 is 16.2 Å². The Morgan fingerprint density at radius 3 is 2.44 bits per heavy atom. The topological polar surface area (TPSA) is 65.6 Å². The lowest BCUT2D eigenvalue weighted by Gasteiger charge is -2.35. The minimum Gasteiger partial charge on any atom is -0.379 e. The third kappa shape index (κ3) is 5.29. The van der Waals surface area contributed by atoms with Gasteiger partial charge in [0, 0.05) is 26.2 Å². The number of benzene rings is 2. The van der Waals surface area contributed by atoms with Gasteiger partial charge in [-0.1, -0.05) is 42.5 Å². The smallest absolute Gasteiger partial charge is 0.379 e. The first-order valence-electron chi connectivity index (χ1n) is 10.7. The number of nitrogens with one attached hydrogen (secondary N) is 3. The third-order valence-corrected chi connectivity index (χ3v) is 6.06. The van der Waals surface area contributed by atoms with Gasteiger partial charge < -0.3 is 10.1 Å². The summed E-state index contributed by atoms with van der Waals surface area (Å²) in [5.41, 5.74) is 7.30. The van der Waals surface area contributed by atoms with Gasteiger partial charge in [-0.3, -0.25) is 15.1 Å². The molecule has 3 unspecified atom stereocenters. The number of hydrogen-bond donors (Lipinski definition) is 3. The van der Waals surface area contributed by atoms with Crippen molar-refractivity contribution in [3.63, 3.8) is 0 Å². The summed E-state index contributed by atoms with van der Waals surface area (Å²) in [5.74, 6) is -0.392. The molecule has 2 aliphatic heterocycles. The van der Waals surface area contributed by atoms with Crippen LogP contribution in [0.5, 0.6) is 0 Å². The number of halogens is 3. The zero-order chi connectivity index (χ0) is 22.6. The fourth-order valence-electron chi connectivity index (χ4n) is 4.29. The first-order valence-corrected chi connectivity index (χ1v) is 10.7. The minimum atomic E-state index is -4.38. The number of hydrogen-bond acceptors (Lipinski definition) is 5. The molecule has 3 atom stereocenters. The fraction of sp³-hybridized carbons (Fsp3) is 0.435. The van der Waals surface area contributed by atoms with Crippen LogP contribution >= 0.6 is 0 Å². The maximum atomic E-state index is 13.1. The van der Waals surface area contributed by atoms with Crippen LogP contribution in [-0.4, -0.2) is 50.2 Å². The molecular formula is C23H27F3N4O2. The van der Waals surface area contributed by atoms with Crippen molar-refractivity contribution < 1.29 is 22.7 Å². The second-order valence-corrected chi connectivity index (χ2v) is 8.05. The number of carbonyl (C=O) groups is 1. The zero-order valence-corrected chi connectivity index (χ0v) is 17.6. The standard InChI is InChI=1S/C23H27F3N4O2/c24-23(25,26)18-8-6-16(7-9-18)20(30-10-12-32-13-11-30)15-27-22(31)19-14-28-29-21(19)17-4-2-1-3-5-17/h1-9,19-21,28-29H,10-15H2,(H,27,31). The van der Waals surface area contributed by atoms with Crippen molar-refractivity contribution in [2.24, 2.45) is 5.92 Å². The number of morpholine rings is 1. The number of amides is 1. The second kappa shape index (κ2) is 9.99. The number of carbonyl (C=O) groups excluding carboxylic acids is 1. The summed E-state index contributed by atoms with van der Waals surface area (Å²) in [7, 11) is 0. The highest BCUT2D eigenvalue weighted by Gasteiger charge is 2.35. The Bertz CT molecular complexity index is 886. The number of hydrazine groups is 1. The van der Waals surface area contributed by atoms with Gasteiger partial charge in [0.2, 0.25) is 5.91 Å². The molecule has 6 nitrogen and oxygen atoms in total. The third-order valence-electron chi connectivity index (χ3n) is 6.06. The Morgan fingerprint density at radius 1 is 1.09 bits per heavy atom. The first kappa shape index (κ1) is 22.7. The fourth-order valence-corrected chi connectivity index (χ4v) is 4.29. The molecule has 2 aliphatic rings. The Kier molecular flexibility index (Phi) is 7.10. The van der Waals surface area contributed by atoms with Gasteiger partial charge in [0.05, 0.1) is 36.8 Å². The van der Waals surface area contributed by atoms with Crippen molar-refractivity contribution in [3.05, 3.63) is 71.3 Å². The predicted molar refractivity (Wildman–Crippen MR) is 113 cm³/mol. The molecule has 172 valence electrons. The molecule has 2 fully saturated rings. The molecule has 0 aliphatic carbocycles. The van der Waals surface area contributed by atoms with Gasteiger partial charge in [-0.2, -0.15) is 13.2 Å². The first-order chi connectivity index (χ1) is 15.4. The van der Waals surface area contributed by atoms with E-state index in [1.807, 2.05) is 30.3 Å². The Hall–Kier alpha value is -2.46. The molecular weight excluding hydrogens is 421 g/mol. The Balaban J connectivity index is 1.47. The van der Waals surface area contributed by atoms with E-state index in [4.69, 9.17) is 4.74 Å². The summed E-state index contributed by atoms with van der Waals surface area (Å²) in [6, 6.07) is 14.6. The molecule has 0 spiro atoms. The monoisotopic (exact) mass is 448 g/mol. The summed E-state index contributed by atoms with van der Waals surface area (Å²) in [5, 5.41) is 3.04. The molecule has 4 rings (SSSR count). The summed E-state index contributed by atoms with van der Waals surface area (Å²) < 4.78 is 44.4. The van der Waals surface area contributed by atoms with E-state index in [2.05, 4.69) is 21.1 Å². The molecule has 0 saturated carbocycles. The van der Waals surface area contributed by atoms with Crippen LogP contribution in [0.4, 0.5) is 13.2 Å². The van der Waals surface area contributed by atoms with Crippen LogP contribution in [0.2, 0.25) is 0 Å². The molecule has 0 radical (unpaired) electrons. The summed E-state index contributed by atoms with van der Waals surface area (Å²) in [6.45, 7) is 3.22. The van der Waals surface area contributed by atoms with Crippen LogP contribution in [0.1, 0.15) is 28.8 Å². The maximum absolute atomic E-state index is 13.1. The molecule has 0 aromatic heterocycles. The van der Waals surface area contributed by atoms with Crippen LogP contribution in [-0.2, 0) is 15.7 Å². The van der Waals surface area contributed by atoms with E-state index < -0.39 is 11.7 Å². The molecule has 9 heteroatoms. The van der Waals surface area contributed by atoms with E-state index in [-0.39, 0.29) is 23.9 Å². The summed E-state index contributed by atoms with van der Waals surface area (Å²) in [4.78, 5) is 15.2. The molecule has 3 N–H and O–H groups in total. The van der Waals surface area contributed by atoms with Crippen molar-refractivity contribution in [1.29, 1.82) is 0 Å². The van der Waals surface area contributed by atoms with E-state index in [9.17, 15) is 18.0 Å². The average Bonchev–Trinajstić information content (AvgIpc) is 3.30. The number of rotatable bonds is 6. The lowest BCUT2D eigenvalue weighted by molar-refractivity contribution is -0.137. The zero-order valence-electron chi connectivity index (χ0n) is 17.6. The highest BCUT2D eigenvalue weighted by Crippen LogP contribution is 2.31. The van der Waals surface area contributed by atoms with Gasteiger partial charge in [-0.05, 0) is 23.3 Å². The average molecular weight is 448 g/mol. The highest BCUT2D eigenvalue weighted by molar-refractivity contribution is 5.80. The van der Waals surface area contributed by atoms with E-state index in [0.29, 0.717) is 39.4 Å². The molecule has 32 heavy (non-hydrogen) atoms. The van der Waals surface area contributed by atoms with Crippen molar-refractivity contribution in [2.45, 2.75) is 18.3 Å². The van der Waals surface area contributed by atoms with Gasteiger partial charge in [-0.25, -0.2) is 5.43 Å². The van der Waals surface area contributed by atoms with Gasteiger partial charge in [-0.15, -0.1) is 0 Å². The maximum Gasteiger partial charge on any atom is 0.416 e. The van der Waals surface area contributed by atoms with E-state index in [0.717, 1.165) is 23.3 Å². The molecule has 2 heterocycles. The second-order valence-electron chi connectivity index (χ2n) is 8.05. The Morgan fingerprint density at radius 2 is 1.78 bits per heavy atom. The molecule has 2 aromatic rings. The number of ether oxygens (including phenoxy) is 1. The van der Waals surface area contributed by atoms with E-state index in [1.54, 1.807) is 0 Å². The highest BCUT2D eigenvalue weighted by atomic mass is 19.4. The van der Waals surface area contributed by atoms with Crippen molar-refractivity contribution in [1.82, 2.24) is 21.1 Å². The molecule has 2 aromatic carbocycles. The minimum absolute atomic E-state index is 0.0958. The van der Waals surface area contributed by atoms with Crippen LogP contribution in [0.15, 0.2) is 54.6 Å².